The molecule has 1 aliphatic rings. The molecule has 0 radical (unpaired) electrons. The van der Waals surface area contributed by atoms with Crippen molar-refractivity contribution in [2.75, 3.05) is 25.5 Å². The van der Waals surface area contributed by atoms with Crippen LogP contribution in [0.15, 0.2) is 54.3 Å². The summed E-state index contributed by atoms with van der Waals surface area (Å²) >= 11 is 1.51. The number of aliphatic hydroxyl groups excluding tert-OH is 1. The lowest BCUT2D eigenvalue weighted by Gasteiger charge is -2.19. The molecule has 1 aliphatic heterocycles. The van der Waals surface area contributed by atoms with Crippen LogP contribution in [-0.2, 0) is 6.54 Å². The first kappa shape index (κ1) is 16.6. The summed E-state index contributed by atoms with van der Waals surface area (Å²) in [7, 11) is 4.02. The molecule has 0 bridgehead atoms. The van der Waals surface area contributed by atoms with Crippen LogP contribution >= 0.6 is 11.3 Å². The van der Waals surface area contributed by atoms with Crippen molar-refractivity contribution in [1.29, 1.82) is 5.41 Å². The number of anilines is 1. The maximum atomic E-state index is 10.5. The first-order chi connectivity index (χ1) is 12.5. The molecule has 2 heterocycles. The minimum absolute atomic E-state index is 0.221. The van der Waals surface area contributed by atoms with Gasteiger partial charge in [-0.3, -0.25) is 5.41 Å². The highest BCUT2D eigenvalue weighted by Gasteiger charge is 2.30. The quantitative estimate of drug-likeness (QED) is 0.731. The summed E-state index contributed by atoms with van der Waals surface area (Å²) in [6.45, 7) is 0.935. The Kier molecular flexibility index (Phi) is 4.12. The molecule has 3 aromatic rings. The Morgan fingerprint density at radius 1 is 1.15 bits per heavy atom. The first-order valence-corrected chi connectivity index (χ1v) is 9.23. The molecular weight excluding hydrogens is 344 g/mol. The molecule has 132 valence electrons. The molecule has 0 spiro atoms. The van der Waals surface area contributed by atoms with Crippen molar-refractivity contribution in [3.63, 3.8) is 0 Å². The Morgan fingerprint density at radius 2 is 1.88 bits per heavy atom. The molecule has 5 nitrogen and oxygen atoms in total. The second-order valence-electron chi connectivity index (χ2n) is 6.57. The lowest BCUT2D eigenvalue weighted by Crippen LogP contribution is -2.26. The Morgan fingerprint density at radius 3 is 2.58 bits per heavy atom. The summed E-state index contributed by atoms with van der Waals surface area (Å²) in [5.41, 5.74) is 3.70. The van der Waals surface area contributed by atoms with Crippen LogP contribution in [0.2, 0.25) is 0 Å². The highest BCUT2D eigenvalue weighted by molar-refractivity contribution is 7.19. The topological polar surface area (TPSA) is 63.5 Å². The number of aromatic nitrogens is 1. The summed E-state index contributed by atoms with van der Waals surface area (Å²) in [5.74, 6) is 0.553. The highest BCUT2D eigenvalue weighted by Crippen LogP contribution is 2.33. The lowest BCUT2D eigenvalue weighted by molar-refractivity contribution is 0.347. The van der Waals surface area contributed by atoms with Crippen LogP contribution in [0.5, 0.6) is 0 Å². The fourth-order valence-corrected chi connectivity index (χ4v) is 4.13. The lowest BCUT2D eigenvalue weighted by atomic mass is 10.2. The van der Waals surface area contributed by atoms with Crippen LogP contribution in [0.3, 0.4) is 0 Å². The summed E-state index contributed by atoms with van der Waals surface area (Å²) < 4.78 is 1.06. The summed E-state index contributed by atoms with van der Waals surface area (Å²) in [4.78, 5) is 8.53. The normalized spacial score (nSPS) is 14.5. The van der Waals surface area contributed by atoms with E-state index in [4.69, 9.17) is 5.41 Å². The van der Waals surface area contributed by atoms with E-state index in [-0.39, 0.29) is 5.76 Å². The number of rotatable bonds is 4. The van der Waals surface area contributed by atoms with Crippen molar-refractivity contribution < 1.29 is 5.11 Å². The molecule has 0 saturated heterocycles. The smallest absolute Gasteiger partial charge is 0.135 e. The van der Waals surface area contributed by atoms with Gasteiger partial charge < -0.3 is 14.9 Å². The van der Waals surface area contributed by atoms with E-state index in [1.807, 2.05) is 43.3 Å². The maximum Gasteiger partial charge on any atom is 0.135 e. The van der Waals surface area contributed by atoms with Crippen LogP contribution < -0.4 is 4.90 Å². The molecule has 1 aromatic heterocycles. The van der Waals surface area contributed by atoms with Gasteiger partial charge in [-0.15, -0.1) is 11.3 Å². The third-order valence-corrected chi connectivity index (χ3v) is 5.57. The van der Waals surface area contributed by atoms with Gasteiger partial charge in [0.05, 0.1) is 22.3 Å². The monoisotopic (exact) mass is 364 g/mol. The molecule has 6 heteroatoms. The van der Waals surface area contributed by atoms with Gasteiger partial charge >= 0.3 is 0 Å². The second-order valence-corrected chi connectivity index (χ2v) is 7.60. The molecule has 0 saturated carbocycles. The Hall–Kier alpha value is -2.86. The Bertz CT molecular complexity index is 971. The fourth-order valence-electron chi connectivity index (χ4n) is 3.09. The molecule has 0 aliphatic carbocycles. The molecule has 0 amide bonds. The summed E-state index contributed by atoms with van der Waals surface area (Å²) in [5, 5.41) is 19.7. The molecule has 2 aromatic carbocycles. The predicted octanol–water partition coefficient (Wildman–Crippen LogP) is 4.12. The third kappa shape index (κ3) is 2.93. The predicted molar refractivity (Wildman–Crippen MR) is 108 cm³/mol. The molecule has 2 N–H and O–H groups in total. The summed E-state index contributed by atoms with van der Waals surface area (Å²) in [6, 6.07) is 16.1. The zero-order valence-corrected chi connectivity index (χ0v) is 15.5. The minimum Gasteiger partial charge on any atom is -0.510 e. The maximum absolute atomic E-state index is 10.5. The van der Waals surface area contributed by atoms with Crippen molar-refractivity contribution in [3.05, 3.63) is 64.9 Å². The van der Waals surface area contributed by atoms with Crippen molar-refractivity contribution in [3.8, 4) is 0 Å². The average Bonchev–Trinajstić information content (AvgIpc) is 3.16. The van der Waals surface area contributed by atoms with E-state index in [2.05, 4.69) is 34.1 Å². The van der Waals surface area contributed by atoms with Gasteiger partial charge in [0.15, 0.2) is 0 Å². The largest absolute Gasteiger partial charge is 0.510 e. The minimum atomic E-state index is 0.221. The van der Waals surface area contributed by atoms with Gasteiger partial charge in [-0.05, 0) is 29.8 Å². The molecule has 0 atom stereocenters. The number of hydrogen-bond donors (Lipinski definition) is 2. The number of hydrogen-bond acceptors (Lipinski definition) is 5. The van der Waals surface area contributed by atoms with Gasteiger partial charge in [0, 0.05) is 26.3 Å². The average molecular weight is 364 g/mol. The molecule has 0 fully saturated rings. The zero-order valence-electron chi connectivity index (χ0n) is 14.7. The number of fused-ring (bicyclic) bond motifs is 1. The van der Waals surface area contributed by atoms with Gasteiger partial charge in [-0.1, -0.05) is 24.3 Å². The number of benzene rings is 2. The van der Waals surface area contributed by atoms with Crippen molar-refractivity contribution in [2.45, 2.75) is 6.54 Å². The van der Waals surface area contributed by atoms with E-state index in [1.54, 1.807) is 0 Å². The van der Waals surface area contributed by atoms with Crippen LogP contribution in [-0.4, -0.2) is 41.5 Å². The number of thiazole rings is 1. The summed E-state index contributed by atoms with van der Waals surface area (Å²) in [6.07, 6.45) is 0. The Labute approximate surface area is 156 Å². The zero-order chi connectivity index (χ0) is 18.3. The SMILES string of the molecule is CN(C)c1ccc(CN2CC(O)=C(c3nc4ccccc4s3)C2=N)cc1. The highest BCUT2D eigenvalue weighted by atomic mass is 32.1. The molecule has 0 unspecified atom stereocenters. The molecule has 4 rings (SSSR count). The number of nitrogens with zero attached hydrogens (tertiary/aromatic N) is 3. The van der Waals surface area contributed by atoms with E-state index in [1.165, 1.54) is 11.3 Å². The Balaban J connectivity index is 1.56. The van der Waals surface area contributed by atoms with Crippen LogP contribution in [0.25, 0.3) is 15.8 Å². The number of aliphatic hydroxyl groups is 1. The molecular formula is C20H20N4OS. The standard InChI is InChI=1S/C20H20N4OS/c1-23(2)14-9-7-13(8-10-14)11-24-12-16(25)18(19(24)21)20-22-15-5-3-4-6-17(15)26-20/h3-10,21,25H,11-12H2,1-2H3. The van der Waals surface area contributed by atoms with Gasteiger partial charge in [-0.25, -0.2) is 4.98 Å². The van der Waals surface area contributed by atoms with E-state index < -0.39 is 0 Å². The van der Waals surface area contributed by atoms with Gasteiger partial charge in [-0.2, -0.15) is 0 Å². The fraction of sp³-hybridized carbons (Fsp3) is 0.200. The second kappa shape index (κ2) is 6.46. The number of para-hydroxylation sites is 1. The van der Waals surface area contributed by atoms with Gasteiger partial charge in [0.1, 0.15) is 16.6 Å². The van der Waals surface area contributed by atoms with Crippen LogP contribution in [0.1, 0.15) is 10.6 Å². The van der Waals surface area contributed by atoms with Crippen LogP contribution in [0.4, 0.5) is 5.69 Å². The van der Waals surface area contributed by atoms with E-state index in [0.29, 0.717) is 29.5 Å². The van der Waals surface area contributed by atoms with Gasteiger partial charge in [0.2, 0.25) is 0 Å². The third-order valence-electron chi connectivity index (χ3n) is 4.52. The van der Waals surface area contributed by atoms with Crippen molar-refractivity contribution in [2.24, 2.45) is 0 Å². The van der Waals surface area contributed by atoms with E-state index >= 15 is 0 Å². The van der Waals surface area contributed by atoms with Crippen molar-refractivity contribution in [1.82, 2.24) is 9.88 Å². The van der Waals surface area contributed by atoms with E-state index in [9.17, 15) is 5.11 Å². The van der Waals surface area contributed by atoms with Gasteiger partial charge in [0.25, 0.3) is 0 Å². The van der Waals surface area contributed by atoms with Crippen LogP contribution in [0, 0.1) is 5.41 Å². The van der Waals surface area contributed by atoms with E-state index in [0.717, 1.165) is 21.5 Å². The molecule has 26 heavy (non-hydrogen) atoms. The first-order valence-electron chi connectivity index (χ1n) is 8.41. The van der Waals surface area contributed by atoms with Crippen molar-refractivity contribution >= 4 is 38.6 Å². The number of nitrogens with one attached hydrogen (secondary N) is 1. The number of amidine groups is 1.